The number of hydrogen-bond acceptors (Lipinski definition) is 5. The maximum Gasteiger partial charge on any atom is 0.336 e. The van der Waals surface area contributed by atoms with Gasteiger partial charge in [-0.25, -0.2) is 4.79 Å². The standard InChI is InChI=1S/C16H18N2O4.ClH/c17-8-11-5-6-18(9-11)15(19)10-21-13-3-1-12-2-4-16(20)22-14(12)7-13;/h1-4,7,11H,5-6,8-10,17H2;1H. The summed E-state index contributed by atoms with van der Waals surface area (Å²) in [5.74, 6) is 0.842. The molecule has 0 spiro atoms. The minimum Gasteiger partial charge on any atom is -0.484 e. The molecule has 1 aliphatic heterocycles. The van der Waals surface area contributed by atoms with Crippen LogP contribution in [0.2, 0.25) is 0 Å². The molecule has 3 rings (SSSR count). The Morgan fingerprint density at radius 1 is 1.35 bits per heavy atom. The van der Waals surface area contributed by atoms with Crippen LogP contribution in [0.5, 0.6) is 5.75 Å². The van der Waals surface area contributed by atoms with Gasteiger partial charge in [-0.1, -0.05) is 0 Å². The van der Waals surface area contributed by atoms with Crippen molar-refractivity contribution in [2.45, 2.75) is 6.42 Å². The summed E-state index contributed by atoms with van der Waals surface area (Å²) in [6.07, 6.45) is 0.948. The lowest BCUT2D eigenvalue weighted by Gasteiger charge is -2.16. The van der Waals surface area contributed by atoms with Gasteiger partial charge in [0.15, 0.2) is 6.61 Å². The van der Waals surface area contributed by atoms with Gasteiger partial charge in [-0.2, -0.15) is 0 Å². The van der Waals surface area contributed by atoms with E-state index in [0.29, 0.717) is 30.3 Å². The van der Waals surface area contributed by atoms with Gasteiger partial charge < -0.3 is 19.8 Å². The molecule has 1 aromatic carbocycles. The Hall–Kier alpha value is -2.05. The number of amides is 1. The van der Waals surface area contributed by atoms with Crippen molar-refractivity contribution >= 4 is 29.3 Å². The first-order valence-electron chi connectivity index (χ1n) is 7.30. The van der Waals surface area contributed by atoms with E-state index in [1.165, 1.54) is 6.07 Å². The van der Waals surface area contributed by atoms with Crippen LogP contribution in [-0.4, -0.2) is 37.0 Å². The molecule has 7 heteroatoms. The number of carbonyl (C=O) groups excluding carboxylic acids is 1. The summed E-state index contributed by atoms with van der Waals surface area (Å²) in [7, 11) is 0. The van der Waals surface area contributed by atoms with E-state index in [1.807, 2.05) is 0 Å². The molecular formula is C16H19ClN2O4. The van der Waals surface area contributed by atoms with Crippen LogP contribution in [0, 0.1) is 5.92 Å². The lowest BCUT2D eigenvalue weighted by molar-refractivity contribution is -0.132. The van der Waals surface area contributed by atoms with Gasteiger partial charge >= 0.3 is 5.63 Å². The second-order valence-corrected chi connectivity index (χ2v) is 5.47. The maximum absolute atomic E-state index is 12.1. The zero-order valence-electron chi connectivity index (χ0n) is 12.6. The highest BCUT2D eigenvalue weighted by Gasteiger charge is 2.25. The minimum absolute atomic E-state index is 0. The molecule has 2 N–H and O–H groups in total. The van der Waals surface area contributed by atoms with E-state index >= 15 is 0 Å². The van der Waals surface area contributed by atoms with E-state index in [-0.39, 0.29) is 24.9 Å². The fourth-order valence-electron chi connectivity index (χ4n) is 2.62. The average Bonchev–Trinajstić information content (AvgIpc) is 3.01. The van der Waals surface area contributed by atoms with Crippen molar-refractivity contribution in [1.29, 1.82) is 0 Å². The molecule has 6 nitrogen and oxygen atoms in total. The Balaban J connectivity index is 0.00000192. The third-order valence-corrected chi connectivity index (χ3v) is 3.93. The number of ether oxygens (including phenoxy) is 1. The van der Waals surface area contributed by atoms with E-state index in [4.69, 9.17) is 14.9 Å². The summed E-state index contributed by atoms with van der Waals surface area (Å²) in [5, 5.41) is 0.809. The van der Waals surface area contributed by atoms with Crippen LogP contribution in [0.15, 0.2) is 39.5 Å². The van der Waals surface area contributed by atoms with Crippen LogP contribution in [0.4, 0.5) is 0 Å². The highest BCUT2D eigenvalue weighted by Crippen LogP contribution is 2.20. The van der Waals surface area contributed by atoms with Gasteiger partial charge in [0.1, 0.15) is 11.3 Å². The highest BCUT2D eigenvalue weighted by atomic mass is 35.5. The summed E-state index contributed by atoms with van der Waals surface area (Å²) < 4.78 is 10.6. The lowest BCUT2D eigenvalue weighted by Crippen LogP contribution is -2.33. The molecule has 2 heterocycles. The summed E-state index contributed by atoms with van der Waals surface area (Å²) in [6.45, 7) is 2.01. The van der Waals surface area contributed by atoms with Crippen molar-refractivity contribution in [1.82, 2.24) is 4.90 Å². The Bertz CT molecular complexity index is 746. The molecule has 0 bridgehead atoms. The molecule has 0 saturated carbocycles. The van der Waals surface area contributed by atoms with Gasteiger partial charge in [0, 0.05) is 30.6 Å². The predicted octanol–water partition coefficient (Wildman–Crippen LogP) is 1.40. The Morgan fingerprint density at radius 3 is 2.87 bits per heavy atom. The van der Waals surface area contributed by atoms with Crippen LogP contribution in [0.3, 0.4) is 0 Å². The molecule has 124 valence electrons. The van der Waals surface area contributed by atoms with Crippen molar-refractivity contribution in [2.24, 2.45) is 11.7 Å². The van der Waals surface area contributed by atoms with Crippen LogP contribution in [0.25, 0.3) is 11.0 Å². The normalized spacial score (nSPS) is 17.1. The van der Waals surface area contributed by atoms with Gasteiger partial charge in [-0.3, -0.25) is 4.79 Å². The number of benzene rings is 1. The third kappa shape index (κ3) is 4.03. The first-order valence-corrected chi connectivity index (χ1v) is 7.30. The SMILES string of the molecule is Cl.NCC1CCN(C(=O)COc2ccc3ccc(=O)oc3c2)C1. The number of nitrogens with zero attached hydrogens (tertiary/aromatic N) is 1. The van der Waals surface area contributed by atoms with Crippen molar-refractivity contribution < 1.29 is 13.9 Å². The Morgan fingerprint density at radius 2 is 2.13 bits per heavy atom. The Kier molecular flexibility index (Phi) is 5.63. The number of rotatable bonds is 4. The number of nitrogens with two attached hydrogens (primary N) is 1. The first kappa shape index (κ1) is 17.3. The van der Waals surface area contributed by atoms with Gasteiger partial charge in [0.25, 0.3) is 5.91 Å². The number of halogens is 1. The fraction of sp³-hybridized carbons (Fsp3) is 0.375. The predicted molar refractivity (Wildman–Crippen MR) is 89.0 cm³/mol. The summed E-state index contributed by atoms with van der Waals surface area (Å²) in [4.78, 5) is 25.1. The quantitative estimate of drug-likeness (QED) is 0.852. The summed E-state index contributed by atoms with van der Waals surface area (Å²) >= 11 is 0. The zero-order chi connectivity index (χ0) is 15.5. The van der Waals surface area contributed by atoms with Crippen LogP contribution < -0.4 is 16.1 Å². The van der Waals surface area contributed by atoms with Crippen LogP contribution in [0.1, 0.15) is 6.42 Å². The molecule has 2 aromatic rings. The molecule has 1 saturated heterocycles. The average molecular weight is 339 g/mol. The molecular weight excluding hydrogens is 320 g/mol. The molecule has 1 aromatic heterocycles. The number of hydrogen-bond donors (Lipinski definition) is 1. The van der Waals surface area contributed by atoms with Crippen LogP contribution >= 0.6 is 12.4 Å². The van der Waals surface area contributed by atoms with E-state index in [2.05, 4.69) is 0 Å². The minimum atomic E-state index is -0.411. The van der Waals surface area contributed by atoms with E-state index in [0.717, 1.165) is 18.4 Å². The van der Waals surface area contributed by atoms with Gasteiger partial charge in [-0.15, -0.1) is 12.4 Å². The van der Waals surface area contributed by atoms with Crippen molar-refractivity contribution in [3.8, 4) is 5.75 Å². The monoisotopic (exact) mass is 338 g/mol. The second kappa shape index (κ2) is 7.48. The number of fused-ring (bicyclic) bond motifs is 1. The second-order valence-electron chi connectivity index (χ2n) is 5.47. The summed E-state index contributed by atoms with van der Waals surface area (Å²) in [6, 6.07) is 8.22. The fourth-order valence-corrected chi connectivity index (χ4v) is 2.62. The Labute approximate surface area is 139 Å². The smallest absolute Gasteiger partial charge is 0.336 e. The van der Waals surface area contributed by atoms with Crippen LogP contribution in [-0.2, 0) is 4.79 Å². The molecule has 23 heavy (non-hydrogen) atoms. The number of carbonyl (C=O) groups is 1. The third-order valence-electron chi connectivity index (χ3n) is 3.93. The molecule has 1 atom stereocenters. The topological polar surface area (TPSA) is 85.8 Å². The molecule has 1 unspecified atom stereocenters. The molecule has 0 aliphatic carbocycles. The highest BCUT2D eigenvalue weighted by molar-refractivity contribution is 5.85. The van der Waals surface area contributed by atoms with E-state index in [9.17, 15) is 9.59 Å². The first-order chi connectivity index (χ1) is 10.7. The summed E-state index contributed by atoms with van der Waals surface area (Å²) in [5.41, 5.74) is 5.66. The molecule has 1 aliphatic rings. The van der Waals surface area contributed by atoms with E-state index in [1.54, 1.807) is 29.2 Å². The zero-order valence-corrected chi connectivity index (χ0v) is 13.4. The van der Waals surface area contributed by atoms with Crippen molar-refractivity contribution in [3.63, 3.8) is 0 Å². The maximum atomic E-state index is 12.1. The largest absolute Gasteiger partial charge is 0.484 e. The lowest BCUT2D eigenvalue weighted by atomic mass is 10.1. The van der Waals surface area contributed by atoms with Gasteiger partial charge in [-0.05, 0) is 37.1 Å². The van der Waals surface area contributed by atoms with Crippen molar-refractivity contribution in [2.75, 3.05) is 26.2 Å². The van der Waals surface area contributed by atoms with Crippen molar-refractivity contribution in [3.05, 3.63) is 40.8 Å². The molecule has 0 radical (unpaired) electrons. The van der Waals surface area contributed by atoms with E-state index < -0.39 is 5.63 Å². The van der Waals surface area contributed by atoms with Gasteiger partial charge in [0.05, 0.1) is 0 Å². The van der Waals surface area contributed by atoms with Gasteiger partial charge in [0.2, 0.25) is 0 Å². The molecule has 1 fully saturated rings. The molecule has 1 amide bonds. The number of likely N-dealkylation sites (tertiary alicyclic amines) is 1.